The van der Waals surface area contributed by atoms with Gasteiger partial charge in [-0.25, -0.2) is 9.78 Å². The van der Waals surface area contributed by atoms with Crippen molar-refractivity contribution in [2.45, 2.75) is 25.8 Å². The Morgan fingerprint density at radius 1 is 1.50 bits per heavy atom. The summed E-state index contributed by atoms with van der Waals surface area (Å²) in [5.41, 5.74) is -0.555. The number of carboxylic acids is 1. The number of imidazole rings is 1. The number of hydrogen-bond donors (Lipinski definition) is 1. The smallest absolute Gasteiger partial charge is 0.334 e. The van der Waals surface area contributed by atoms with E-state index < -0.39 is 11.5 Å². The molecule has 0 aliphatic carbocycles. The number of aryl methyl sites for hydroxylation is 1. The molecule has 1 atom stereocenters. The van der Waals surface area contributed by atoms with E-state index in [0.717, 1.165) is 5.82 Å². The van der Waals surface area contributed by atoms with Gasteiger partial charge in [0.25, 0.3) is 0 Å². The molecule has 1 N–H and O–H groups in total. The van der Waals surface area contributed by atoms with Crippen molar-refractivity contribution >= 4 is 5.97 Å². The Labute approximate surface area is 105 Å². The normalized spacial score (nSPS) is 14.1. The number of nitrogens with zero attached hydrogens (tertiary/aromatic N) is 3. The molecule has 2 aromatic rings. The zero-order chi connectivity index (χ0) is 13.2. The molecule has 2 rings (SSSR count). The van der Waals surface area contributed by atoms with Gasteiger partial charge in [-0.3, -0.25) is 4.98 Å². The minimum absolute atomic E-state index is 0.630. The van der Waals surface area contributed by atoms with Gasteiger partial charge in [0.05, 0.1) is 0 Å². The summed E-state index contributed by atoms with van der Waals surface area (Å²) in [5.74, 6) is -0.188. The summed E-state index contributed by atoms with van der Waals surface area (Å²) in [6, 6.07) is 3.50. The third-order valence-corrected chi connectivity index (χ3v) is 3.16. The summed E-state index contributed by atoms with van der Waals surface area (Å²) in [6.07, 6.45) is 7.19. The van der Waals surface area contributed by atoms with Crippen molar-refractivity contribution in [3.63, 3.8) is 0 Å². The van der Waals surface area contributed by atoms with Crippen LogP contribution in [-0.4, -0.2) is 25.6 Å². The number of aromatic nitrogens is 3. The molecule has 0 aliphatic heterocycles. The van der Waals surface area contributed by atoms with Crippen LogP contribution >= 0.6 is 0 Å². The number of hydrogen-bond acceptors (Lipinski definition) is 3. The topological polar surface area (TPSA) is 68.0 Å². The lowest BCUT2D eigenvalue weighted by Crippen LogP contribution is -2.40. The fourth-order valence-corrected chi connectivity index (χ4v) is 2.02. The van der Waals surface area contributed by atoms with Gasteiger partial charge in [0.1, 0.15) is 5.82 Å². The predicted molar refractivity (Wildman–Crippen MR) is 66.2 cm³/mol. The monoisotopic (exact) mass is 245 g/mol. The standard InChI is InChI=1S/C13H15N3O2/c1-3-11-15-7-8-16(11)13(2,12(17)18)10-5-4-6-14-9-10/h4-9H,3H2,1-2H3,(H,17,18). The molecule has 1 unspecified atom stereocenters. The average Bonchev–Trinajstić information content (AvgIpc) is 2.87. The van der Waals surface area contributed by atoms with Crippen molar-refractivity contribution < 1.29 is 9.90 Å². The van der Waals surface area contributed by atoms with E-state index in [-0.39, 0.29) is 0 Å². The lowest BCUT2D eigenvalue weighted by atomic mass is 9.93. The van der Waals surface area contributed by atoms with Crippen LogP contribution in [0.15, 0.2) is 36.9 Å². The van der Waals surface area contributed by atoms with Gasteiger partial charge in [0.2, 0.25) is 0 Å². The largest absolute Gasteiger partial charge is 0.479 e. The van der Waals surface area contributed by atoms with Gasteiger partial charge in [-0.2, -0.15) is 0 Å². The summed E-state index contributed by atoms with van der Waals surface area (Å²) in [4.78, 5) is 19.9. The highest BCUT2D eigenvalue weighted by atomic mass is 16.4. The zero-order valence-electron chi connectivity index (χ0n) is 10.4. The molecule has 0 bridgehead atoms. The van der Waals surface area contributed by atoms with Crippen molar-refractivity contribution in [3.8, 4) is 0 Å². The Bertz CT molecular complexity index is 550. The first kappa shape index (κ1) is 12.3. The maximum absolute atomic E-state index is 11.7. The zero-order valence-corrected chi connectivity index (χ0v) is 10.4. The molecule has 5 heteroatoms. The van der Waals surface area contributed by atoms with Crippen molar-refractivity contribution in [3.05, 3.63) is 48.3 Å². The van der Waals surface area contributed by atoms with E-state index in [1.807, 2.05) is 6.92 Å². The lowest BCUT2D eigenvalue weighted by molar-refractivity contribution is -0.144. The molecule has 0 fully saturated rings. The number of rotatable bonds is 4. The Morgan fingerprint density at radius 2 is 2.28 bits per heavy atom. The van der Waals surface area contributed by atoms with Gasteiger partial charge in [-0.1, -0.05) is 13.0 Å². The Hall–Kier alpha value is -2.17. The van der Waals surface area contributed by atoms with E-state index >= 15 is 0 Å². The Balaban J connectivity index is 2.62. The Morgan fingerprint density at radius 3 is 2.83 bits per heavy atom. The van der Waals surface area contributed by atoms with Crippen molar-refractivity contribution in [1.29, 1.82) is 0 Å². The molecule has 0 radical (unpaired) electrons. The van der Waals surface area contributed by atoms with E-state index in [4.69, 9.17) is 0 Å². The summed E-state index contributed by atoms with van der Waals surface area (Å²) in [5, 5.41) is 9.60. The first-order valence-corrected chi connectivity index (χ1v) is 5.77. The third kappa shape index (κ3) is 1.77. The molecule has 5 nitrogen and oxygen atoms in total. The van der Waals surface area contributed by atoms with Crippen LogP contribution in [0, 0.1) is 0 Å². The maximum Gasteiger partial charge on any atom is 0.334 e. The molecule has 0 saturated heterocycles. The summed E-state index contributed by atoms with van der Waals surface area (Å²) < 4.78 is 1.69. The van der Waals surface area contributed by atoms with E-state index in [0.29, 0.717) is 12.0 Å². The molecule has 2 heterocycles. The second-order valence-corrected chi connectivity index (χ2v) is 4.19. The number of aliphatic carboxylic acids is 1. The molecular formula is C13H15N3O2. The molecule has 0 aliphatic rings. The molecule has 94 valence electrons. The minimum atomic E-state index is -1.18. The van der Waals surface area contributed by atoms with Gasteiger partial charge >= 0.3 is 5.97 Å². The predicted octanol–water partition coefficient (Wildman–Crippen LogP) is 1.69. The molecule has 0 amide bonds. The highest BCUT2D eigenvalue weighted by Gasteiger charge is 2.38. The average molecular weight is 245 g/mol. The van der Waals surface area contributed by atoms with Crippen LogP contribution in [0.25, 0.3) is 0 Å². The SMILES string of the molecule is CCc1nccn1C(C)(C(=O)O)c1cccnc1. The first-order chi connectivity index (χ1) is 8.60. The maximum atomic E-state index is 11.7. The summed E-state index contributed by atoms with van der Waals surface area (Å²) in [7, 11) is 0. The van der Waals surface area contributed by atoms with Crippen molar-refractivity contribution in [1.82, 2.24) is 14.5 Å². The molecule has 0 saturated carbocycles. The minimum Gasteiger partial charge on any atom is -0.479 e. The summed E-state index contributed by atoms with van der Waals surface area (Å²) >= 11 is 0. The van der Waals surface area contributed by atoms with Crippen LogP contribution in [0.1, 0.15) is 25.2 Å². The van der Waals surface area contributed by atoms with Gasteiger partial charge in [-0.15, -0.1) is 0 Å². The Kier molecular flexibility index (Phi) is 3.14. The number of carboxylic acid groups (broad SMARTS) is 1. The lowest BCUT2D eigenvalue weighted by Gasteiger charge is -2.28. The van der Waals surface area contributed by atoms with Gasteiger partial charge in [0.15, 0.2) is 5.54 Å². The van der Waals surface area contributed by atoms with E-state index in [9.17, 15) is 9.90 Å². The molecule has 0 aromatic carbocycles. The van der Waals surface area contributed by atoms with Crippen LogP contribution in [0.5, 0.6) is 0 Å². The fourth-order valence-electron chi connectivity index (χ4n) is 2.02. The number of carbonyl (C=O) groups is 1. The van der Waals surface area contributed by atoms with E-state index in [1.54, 1.807) is 48.4 Å². The molecule has 18 heavy (non-hydrogen) atoms. The van der Waals surface area contributed by atoms with Gasteiger partial charge < -0.3 is 9.67 Å². The number of pyridine rings is 1. The van der Waals surface area contributed by atoms with Crippen LogP contribution in [0.2, 0.25) is 0 Å². The second-order valence-electron chi connectivity index (χ2n) is 4.19. The van der Waals surface area contributed by atoms with Crippen LogP contribution in [0.4, 0.5) is 0 Å². The van der Waals surface area contributed by atoms with Crippen LogP contribution in [-0.2, 0) is 16.8 Å². The summed E-state index contributed by atoms with van der Waals surface area (Å²) in [6.45, 7) is 3.61. The fraction of sp³-hybridized carbons (Fsp3) is 0.308. The molecule has 0 spiro atoms. The second kappa shape index (κ2) is 4.60. The van der Waals surface area contributed by atoms with E-state index in [1.165, 1.54) is 0 Å². The highest BCUT2D eigenvalue weighted by Crippen LogP contribution is 2.27. The molecular weight excluding hydrogens is 230 g/mol. The van der Waals surface area contributed by atoms with Crippen molar-refractivity contribution in [2.75, 3.05) is 0 Å². The third-order valence-electron chi connectivity index (χ3n) is 3.16. The van der Waals surface area contributed by atoms with Crippen LogP contribution < -0.4 is 0 Å². The highest BCUT2D eigenvalue weighted by molar-refractivity contribution is 5.80. The van der Waals surface area contributed by atoms with Crippen molar-refractivity contribution in [2.24, 2.45) is 0 Å². The quantitative estimate of drug-likeness (QED) is 0.890. The van der Waals surface area contributed by atoms with Gasteiger partial charge in [-0.05, 0) is 13.0 Å². The first-order valence-electron chi connectivity index (χ1n) is 5.77. The van der Waals surface area contributed by atoms with E-state index in [2.05, 4.69) is 9.97 Å². The van der Waals surface area contributed by atoms with Gasteiger partial charge in [0, 0.05) is 36.8 Å². The van der Waals surface area contributed by atoms with Crippen LogP contribution in [0.3, 0.4) is 0 Å². The molecule has 2 aromatic heterocycles.